The van der Waals surface area contributed by atoms with Crippen LogP contribution in [0, 0.1) is 0 Å². The van der Waals surface area contributed by atoms with E-state index in [0.29, 0.717) is 17.3 Å². The molecule has 0 bridgehead atoms. The minimum absolute atomic E-state index is 0.00334. The van der Waals surface area contributed by atoms with Gasteiger partial charge < -0.3 is 19.2 Å². The molecule has 3 aromatic rings. The third-order valence-electron chi connectivity index (χ3n) is 3.34. The van der Waals surface area contributed by atoms with Crippen molar-refractivity contribution < 1.29 is 18.7 Å². The van der Waals surface area contributed by atoms with Crippen molar-refractivity contribution in [3.63, 3.8) is 0 Å². The van der Waals surface area contributed by atoms with Crippen molar-refractivity contribution in [1.29, 1.82) is 0 Å². The maximum absolute atomic E-state index is 11.6. The number of nitrogens with zero attached hydrogens (tertiary/aromatic N) is 3. The molecule has 0 saturated carbocycles. The molecule has 0 unspecified atom stereocenters. The van der Waals surface area contributed by atoms with Gasteiger partial charge in [-0.3, -0.25) is 4.79 Å². The molecular formula is C18H20N4O4. The van der Waals surface area contributed by atoms with Crippen LogP contribution in [0.25, 0.3) is 17.3 Å². The second-order valence-corrected chi connectivity index (χ2v) is 5.80. The van der Waals surface area contributed by atoms with E-state index in [1.54, 1.807) is 35.2 Å². The highest BCUT2D eigenvalue weighted by Crippen LogP contribution is 2.25. The zero-order chi connectivity index (χ0) is 18.5. The molecule has 1 amide bonds. The quantitative estimate of drug-likeness (QED) is 0.700. The molecule has 8 nitrogen and oxygen atoms in total. The number of ether oxygens (including phenoxy) is 2. The number of carbonyl (C=O) groups excluding carboxylic acids is 1. The minimum atomic E-state index is -0.218. The average molecular weight is 356 g/mol. The lowest BCUT2D eigenvalue weighted by molar-refractivity contribution is -0.119. The zero-order valence-electron chi connectivity index (χ0n) is 14.8. The van der Waals surface area contributed by atoms with Gasteiger partial charge in [-0.1, -0.05) is 0 Å². The van der Waals surface area contributed by atoms with E-state index in [-0.39, 0.29) is 24.6 Å². The van der Waals surface area contributed by atoms with Gasteiger partial charge in [0, 0.05) is 12.8 Å². The Labute approximate surface area is 150 Å². The van der Waals surface area contributed by atoms with Crippen LogP contribution in [0.1, 0.15) is 13.8 Å². The molecule has 2 aromatic heterocycles. The molecule has 26 heavy (non-hydrogen) atoms. The van der Waals surface area contributed by atoms with Crippen LogP contribution in [0.3, 0.4) is 0 Å². The lowest BCUT2D eigenvalue weighted by atomic mass is 10.2. The SMILES string of the molecule is COCC(=O)Nc1ccc(-n2nc(OC(C)C)nc2-c2ccco2)cc1. The van der Waals surface area contributed by atoms with Gasteiger partial charge in [0.05, 0.1) is 18.1 Å². The fourth-order valence-corrected chi connectivity index (χ4v) is 2.31. The molecular weight excluding hydrogens is 336 g/mol. The highest BCUT2D eigenvalue weighted by atomic mass is 16.5. The Kier molecular flexibility index (Phi) is 5.33. The van der Waals surface area contributed by atoms with E-state index >= 15 is 0 Å². The summed E-state index contributed by atoms with van der Waals surface area (Å²) in [6.45, 7) is 3.82. The van der Waals surface area contributed by atoms with Crippen molar-refractivity contribution >= 4 is 11.6 Å². The highest BCUT2D eigenvalue weighted by molar-refractivity contribution is 5.91. The van der Waals surface area contributed by atoms with E-state index in [2.05, 4.69) is 15.4 Å². The highest BCUT2D eigenvalue weighted by Gasteiger charge is 2.17. The fraction of sp³-hybridized carbons (Fsp3) is 0.278. The third-order valence-corrected chi connectivity index (χ3v) is 3.34. The van der Waals surface area contributed by atoms with Gasteiger partial charge in [-0.05, 0) is 50.2 Å². The van der Waals surface area contributed by atoms with Gasteiger partial charge in [-0.15, -0.1) is 5.10 Å². The number of nitrogens with one attached hydrogen (secondary N) is 1. The van der Waals surface area contributed by atoms with Crippen LogP contribution in [0.5, 0.6) is 6.01 Å². The summed E-state index contributed by atoms with van der Waals surface area (Å²) >= 11 is 0. The molecule has 0 fully saturated rings. The molecule has 0 saturated heterocycles. The summed E-state index contributed by atoms with van der Waals surface area (Å²) in [7, 11) is 1.47. The molecule has 0 atom stereocenters. The second kappa shape index (κ2) is 7.83. The maximum Gasteiger partial charge on any atom is 0.336 e. The summed E-state index contributed by atoms with van der Waals surface area (Å²) in [4.78, 5) is 16.0. The van der Waals surface area contributed by atoms with Crippen LogP contribution in [-0.2, 0) is 9.53 Å². The molecule has 2 heterocycles. The monoisotopic (exact) mass is 356 g/mol. The molecule has 1 N–H and O–H groups in total. The number of benzene rings is 1. The summed E-state index contributed by atoms with van der Waals surface area (Å²) < 4.78 is 17.5. The van der Waals surface area contributed by atoms with E-state index in [0.717, 1.165) is 5.69 Å². The van der Waals surface area contributed by atoms with Crippen LogP contribution in [0.4, 0.5) is 5.69 Å². The Balaban J connectivity index is 1.90. The van der Waals surface area contributed by atoms with Crippen molar-refractivity contribution in [3.8, 4) is 23.3 Å². The van der Waals surface area contributed by atoms with Gasteiger partial charge in [-0.2, -0.15) is 4.98 Å². The van der Waals surface area contributed by atoms with Crippen LogP contribution in [0.15, 0.2) is 47.1 Å². The first-order valence-corrected chi connectivity index (χ1v) is 8.13. The van der Waals surface area contributed by atoms with Crippen molar-refractivity contribution in [2.24, 2.45) is 0 Å². The number of anilines is 1. The van der Waals surface area contributed by atoms with Crippen LogP contribution < -0.4 is 10.1 Å². The van der Waals surface area contributed by atoms with E-state index in [1.165, 1.54) is 7.11 Å². The van der Waals surface area contributed by atoms with Gasteiger partial charge >= 0.3 is 6.01 Å². The Morgan fingerprint density at radius 3 is 2.65 bits per heavy atom. The molecule has 3 rings (SSSR count). The summed E-state index contributed by atoms with van der Waals surface area (Å²) in [5.74, 6) is 0.889. The first-order valence-electron chi connectivity index (χ1n) is 8.13. The van der Waals surface area contributed by atoms with Crippen LogP contribution in [-0.4, -0.2) is 40.5 Å². The van der Waals surface area contributed by atoms with E-state index in [4.69, 9.17) is 13.9 Å². The normalized spacial score (nSPS) is 10.9. The fourth-order valence-electron chi connectivity index (χ4n) is 2.31. The Hall–Kier alpha value is -3.13. The van der Waals surface area contributed by atoms with Crippen molar-refractivity contribution in [3.05, 3.63) is 42.7 Å². The van der Waals surface area contributed by atoms with Crippen LogP contribution >= 0.6 is 0 Å². The number of amides is 1. The average Bonchev–Trinajstić information content (AvgIpc) is 3.24. The lowest BCUT2D eigenvalue weighted by Crippen LogP contribution is -2.17. The molecule has 0 aliphatic carbocycles. The van der Waals surface area contributed by atoms with Crippen LogP contribution in [0.2, 0.25) is 0 Å². The van der Waals surface area contributed by atoms with Crippen molar-refractivity contribution in [2.45, 2.75) is 20.0 Å². The second-order valence-electron chi connectivity index (χ2n) is 5.80. The van der Waals surface area contributed by atoms with Gasteiger partial charge in [0.1, 0.15) is 6.61 Å². The number of methoxy groups -OCH3 is 1. The number of hydrogen-bond acceptors (Lipinski definition) is 6. The lowest BCUT2D eigenvalue weighted by Gasteiger charge is -2.07. The largest absolute Gasteiger partial charge is 0.461 e. The molecule has 136 valence electrons. The number of aromatic nitrogens is 3. The topological polar surface area (TPSA) is 91.4 Å². The third kappa shape index (κ3) is 4.09. The molecule has 0 aliphatic rings. The molecule has 0 radical (unpaired) electrons. The smallest absolute Gasteiger partial charge is 0.336 e. The predicted molar refractivity (Wildman–Crippen MR) is 95.3 cm³/mol. The standard InChI is InChI=1S/C18H20N4O4/c1-12(2)26-18-20-17(15-5-4-10-25-15)22(21-18)14-8-6-13(7-9-14)19-16(23)11-24-3/h4-10,12H,11H2,1-3H3,(H,19,23). The zero-order valence-corrected chi connectivity index (χ0v) is 14.8. The summed E-state index contributed by atoms with van der Waals surface area (Å²) in [6, 6.07) is 11.1. The molecule has 8 heteroatoms. The molecule has 0 aliphatic heterocycles. The van der Waals surface area contributed by atoms with E-state index < -0.39 is 0 Å². The molecule has 1 aromatic carbocycles. The van der Waals surface area contributed by atoms with E-state index in [9.17, 15) is 4.79 Å². The Morgan fingerprint density at radius 1 is 1.27 bits per heavy atom. The summed E-state index contributed by atoms with van der Waals surface area (Å²) in [5.41, 5.74) is 1.42. The maximum atomic E-state index is 11.6. The number of hydrogen-bond donors (Lipinski definition) is 1. The Morgan fingerprint density at radius 2 is 2.04 bits per heavy atom. The number of furan rings is 1. The minimum Gasteiger partial charge on any atom is -0.461 e. The summed E-state index contributed by atoms with van der Waals surface area (Å²) in [5, 5.41) is 7.16. The van der Waals surface area contributed by atoms with Gasteiger partial charge in [0.15, 0.2) is 5.76 Å². The predicted octanol–water partition coefficient (Wildman–Crippen LogP) is 2.90. The first-order chi connectivity index (χ1) is 12.6. The van der Waals surface area contributed by atoms with E-state index in [1.807, 2.05) is 26.0 Å². The van der Waals surface area contributed by atoms with Gasteiger partial charge in [-0.25, -0.2) is 4.68 Å². The summed E-state index contributed by atoms with van der Waals surface area (Å²) in [6.07, 6.45) is 1.53. The number of carbonyl (C=O) groups is 1. The Bertz CT molecular complexity index is 854. The van der Waals surface area contributed by atoms with Gasteiger partial charge in [0.25, 0.3) is 0 Å². The number of rotatable bonds is 7. The first kappa shape index (κ1) is 17.7. The molecule has 0 spiro atoms. The van der Waals surface area contributed by atoms with Gasteiger partial charge in [0.2, 0.25) is 11.7 Å². The van der Waals surface area contributed by atoms with Crippen molar-refractivity contribution in [2.75, 3.05) is 19.0 Å². The van der Waals surface area contributed by atoms with Crippen molar-refractivity contribution in [1.82, 2.24) is 14.8 Å².